The summed E-state index contributed by atoms with van der Waals surface area (Å²) in [6, 6.07) is 10.4. The molecular weight excluding hydrogens is 394 g/mol. The molecule has 0 bridgehead atoms. The van der Waals surface area contributed by atoms with Crippen LogP contribution < -0.4 is 9.47 Å². The molecule has 132 valence electrons. The number of benzene rings is 2. The molecule has 0 unspecified atom stereocenters. The SMILES string of the molecule is Cc1cc2c(c3c1C(=O)/C(=C/c1ccc(Br)cc1)O3)CN(C1CC1)CO2. The summed E-state index contributed by atoms with van der Waals surface area (Å²) in [7, 11) is 0. The van der Waals surface area contributed by atoms with Gasteiger partial charge < -0.3 is 9.47 Å². The molecule has 1 aliphatic carbocycles. The number of ketones is 1. The molecule has 1 fully saturated rings. The molecule has 2 heterocycles. The van der Waals surface area contributed by atoms with Crippen molar-refractivity contribution in [3.05, 3.63) is 62.8 Å². The van der Waals surface area contributed by atoms with E-state index in [1.165, 1.54) is 12.8 Å². The highest BCUT2D eigenvalue weighted by Crippen LogP contribution is 2.45. The molecule has 0 radical (unpaired) electrons. The number of allylic oxidation sites excluding steroid dienone is 1. The third-order valence-corrected chi connectivity index (χ3v) is 5.71. The van der Waals surface area contributed by atoms with E-state index in [1.807, 2.05) is 43.3 Å². The lowest BCUT2D eigenvalue weighted by atomic mass is 9.98. The fourth-order valence-electron chi connectivity index (χ4n) is 3.63. The molecule has 0 aromatic heterocycles. The van der Waals surface area contributed by atoms with Crippen molar-refractivity contribution in [1.29, 1.82) is 0 Å². The monoisotopic (exact) mass is 411 g/mol. The third-order valence-electron chi connectivity index (χ3n) is 5.18. The summed E-state index contributed by atoms with van der Waals surface area (Å²) < 4.78 is 13.0. The predicted octanol–water partition coefficient (Wildman–Crippen LogP) is 4.69. The molecule has 0 amide bonds. The molecule has 2 aromatic rings. The molecule has 2 aromatic carbocycles. The molecule has 1 saturated carbocycles. The second-order valence-electron chi connectivity index (χ2n) is 7.12. The number of fused-ring (bicyclic) bond motifs is 3. The normalized spacial score (nSPS) is 20.5. The van der Waals surface area contributed by atoms with Crippen LogP contribution in [-0.4, -0.2) is 23.5 Å². The van der Waals surface area contributed by atoms with Gasteiger partial charge in [0.1, 0.15) is 18.2 Å². The first-order chi connectivity index (χ1) is 12.6. The predicted molar refractivity (Wildman–Crippen MR) is 102 cm³/mol. The van der Waals surface area contributed by atoms with E-state index in [0.29, 0.717) is 29.8 Å². The second-order valence-corrected chi connectivity index (χ2v) is 8.03. The number of carbonyl (C=O) groups is 1. The third kappa shape index (κ3) is 2.66. The summed E-state index contributed by atoms with van der Waals surface area (Å²) in [6.07, 6.45) is 4.26. The zero-order valence-corrected chi connectivity index (χ0v) is 16.0. The maximum Gasteiger partial charge on any atom is 0.232 e. The van der Waals surface area contributed by atoms with E-state index >= 15 is 0 Å². The van der Waals surface area contributed by atoms with Gasteiger partial charge in [0.2, 0.25) is 5.78 Å². The number of aryl methyl sites for hydroxylation is 1. The quantitative estimate of drug-likeness (QED) is 0.671. The van der Waals surface area contributed by atoms with Crippen LogP contribution in [0.3, 0.4) is 0 Å². The number of Topliss-reactive ketones (excluding diaryl/α,β-unsaturated/α-hetero) is 1. The number of nitrogens with zero attached hydrogens (tertiary/aromatic N) is 1. The molecule has 0 N–H and O–H groups in total. The fraction of sp³-hybridized carbons (Fsp3) is 0.286. The molecule has 0 spiro atoms. The molecule has 0 saturated heterocycles. The number of halogens is 1. The second kappa shape index (κ2) is 5.96. The Morgan fingerprint density at radius 2 is 2.00 bits per heavy atom. The highest BCUT2D eigenvalue weighted by Gasteiger charge is 2.38. The van der Waals surface area contributed by atoms with Gasteiger partial charge in [-0.2, -0.15) is 0 Å². The number of hydrogen-bond donors (Lipinski definition) is 0. The van der Waals surface area contributed by atoms with Crippen molar-refractivity contribution in [2.24, 2.45) is 0 Å². The minimum Gasteiger partial charge on any atom is -0.478 e. The van der Waals surface area contributed by atoms with Gasteiger partial charge in [0.05, 0.1) is 11.1 Å². The van der Waals surface area contributed by atoms with Gasteiger partial charge in [-0.25, -0.2) is 0 Å². The number of carbonyl (C=O) groups excluding carboxylic acids is 1. The molecule has 2 aliphatic heterocycles. The van der Waals surface area contributed by atoms with Crippen LogP contribution in [0.1, 0.15) is 39.9 Å². The van der Waals surface area contributed by atoms with E-state index in [-0.39, 0.29) is 5.78 Å². The van der Waals surface area contributed by atoms with Crippen LogP contribution in [0.25, 0.3) is 6.08 Å². The first-order valence-electron chi connectivity index (χ1n) is 8.83. The first-order valence-corrected chi connectivity index (χ1v) is 9.62. The van der Waals surface area contributed by atoms with Crippen LogP contribution in [0, 0.1) is 6.92 Å². The maximum atomic E-state index is 12.9. The van der Waals surface area contributed by atoms with E-state index in [9.17, 15) is 4.79 Å². The Hall–Kier alpha value is -2.11. The summed E-state index contributed by atoms with van der Waals surface area (Å²) in [5.41, 5.74) is 3.51. The highest BCUT2D eigenvalue weighted by molar-refractivity contribution is 9.10. The van der Waals surface area contributed by atoms with Crippen molar-refractivity contribution in [1.82, 2.24) is 4.90 Å². The van der Waals surface area contributed by atoms with Gasteiger partial charge in [0.15, 0.2) is 5.76 Å². The molecule has 4 nitrogen and oxygen atoms in total. The lowest BCUT2D eigenvalue weighted by molar-refractivity contribution is 0.0867. The average molecular weight is 412 g/mol. The summed E-state index contributed by atoms with van der Waals surface area (Å²) in [5.74, 6) is 1.85. The topological polar surface area (TPSA) is 38.8 Å². The van der Waals surface area contributed by atoms with Crippen LogP contribution in [0.2, 0.25) is 0 Å². The van der Waals surface area contributed by atoms with Crippen LogP contribution in [0.5, 0.6) is 11.5 Å². The van der Waals surface area contributed by atoms with Crippen molar-refractivity contribution in [2.75, 3.05) is 6.73 Å². The Kier molecular flexibility index (Phi) is 3.69. The van der Waals surface area contributed by atoms with E-state index in [2.05, 4.69) is 20.8 Å². The zero-order valence-electron chi connectivity index (χ0n) is 14.4. The van der Waals surface area contributed by atoms with E-state index < -0.39 is 0 Å². The summed E-state index contributed by atoms with van der Waals surface area (Å²) in [5, 5.41) is 0. The van der Waals surface area contributed by atoms with Crippen molar-refractivity contribution in [3.63, 3.8) is 0 Å². The zero-order chi connectivity index (χ0) is 17.8. The number of hydrogen-bond acceptors (Lipinski definition) is 4. The van der Waals surface area contributed by atoms with E-state index in [0.717, 1.165) is 33.5 Å². The van der Waals surface area contributed by atoms with Crippen LogP contribution >= 0.6 is 15.9 Å². The van der Waals surface area contributed by atoms with Gasteiger partial charge in [-0.05, 0) is 55.2 Å². The fourth-order valence-corrected chi connectivity index (χ4v) is 3.90. The average Bonchev–Trinajstić information content (AvgIpc) is 3.42. The van der Waals surface area contributed by atoms with Crippen molar-refractivity contribution < 1.29 is 14.3 Å². The molecule has 5 heteroatoms. The van der Waals surface area contributed by atoms with Crippen LogP contribution in [0.15, 0.2) is 40.6 Å². The van der Waals surface area contributed by atoms with Gasteiger partial charge >= 0.3 is 0 Å². The molecule has 5 rings (SSSR count). The summed E-state index contributed by atoms with van der Waals surface area (Å²) in [6.45, 7) is 3.34. The van der Waals surface area contributed by atoms with Crippen molar-refractivity contribution >= 4 is 27.8 Å². The van der Waals surface area contributed by atoms with Crippen molar-refractivity contribution in [2.45, 2.75) is 32.4 Å². The Bertz CT molecular complexity index is 945. The largest absolute Gasteiger partial charge is 0.478 e. The Balaban J connectivity index is 1.54. The lowest BCUT2D eigenvalue weighted by Gasteiger charge is -2.30. The molecule has 26 heavy (non-hydrogen) atoms. The van der Waals surface area contributed by atoms with Gasteiger partial charge in [0, 0.05) is 17.1 Å². The summed E-state index contributed by atoms with van der Waals surface area (Å²) >= 11 is 3.43. The Labute approximate surface area is 160 Å². The Morgan fingerprint density at radius 3 is 2.73 bits per heavy atom. The minimum atomic E-state index is -0.0493. The first kappa shape index (κ1) is 16.1. The van der Waals surface area contributed by atoms with Gasteiger partial charge in [-0.1, -0.05) is 28.1 Å². The van der Waals surface area contributed by atoms with Crippen molar-refractivity contribution in [3.8, 4) is 11.5 Å². The highest BCUT2D eigenvalue weighted by atomic mass is 79.9. The molecule has 0 atom stereocenters. The standard InChI is InChI=1S/C21H18BrNO3/c1-12-8-17-16(10-23(11-25-17)15-6-7-15)21-19(12)20(24)18(26-21)9-13-2-4-14(22)5-3-13/h2-5,8-9,15H,6-7,10-11H2,1H3/b18-9-. The van der Waals surface area contributed by atoms with Gasteiger partial charge in [-0.15, -0.1) is 0 Å². The molecule has 3 aliphatic rings. The van der Waals surface area contributed by atoms with Gasteiger partial charge in [0.25, 0.3) is 0 Å². The van der Waals surface area contributed by atoms with Gasteiger partial charge in [-0.3, -0.25) is 9.69 Å². The molecular formula is C21H18BrNO3. The number of ether oxygens (including phenoxy) is 2. The van der Waals surface area contributed by atoms with Crippen LogP contribution in [0.4, 0.5) is 0 Å². The van der Waals surface area contributed by atoms with E-state index in [4.69, 9.17) is 9.47 Å². The van der Waals surface area contributed by atoms with E-state index in [1.54, 1.807) is 0 Å². The maximum absolute atomic E-state index is 12.9. The minimum absolute atomic E-state index is 0.0493. The number of rotatable bonds is 2. The Morgan fingerprint density at radius 1 is 1.23 bits per heavy atom. The van der Waals surface area contributed by atoms with Crippen LogP contribution in [-0.2, 0) is 6.54 Å². The smallest absolute Gasteiger partial charge is 0.232 e. The lowest BCUT2D eigenvalue weighted by Crippen LogP contribution is -2.34. The summed E-state index contributed by atoms with van der Waals surface area (Å²) in [4.78, 5) is 15.3.